The lowest BCUT2D eigenvalue weighted by molar-refractivity contribution is -0.140. The number of carbonyl (C=O) groups excluding carboxylic acids is 2. The van der Waals surface area contributed by atoms with Gasteiger partial charge in [-0.2, -0.15) is 0 Å². The van der Waals surface area contributed by atoms with Crippen molar-refractivity contribution in [2.24, 2.45) is 23.2 Å². The van der Waals surface area contributed by atoms with Crippen LogP contribution >= 0.6 is 0 Å². The van der Waals surface area contributed by atoms with Crippen LogP contribution in [0.4, 0.5) is 0 Å². The van der Waals surface area contributed by atoms with Crippen LogP contribution in [0.5, 0.6) is 0 Å². The van der Waals surface area contributed by atoms with Crippen molar-refractivity contribution in [3.8, 4) is 0 Å². The molecule has 4 aliphatic carbocycles. The predicted molar refractivity (Wildman–Crippen MR) is 126 cm³/mol. The van der Waals surface area contributed by atoms with Gasteiger partial charge in [-0.3, -0.25) is 14.5 Å². The molecule has 6 rings (SSSR count). The van der Waals surface area contributed by atoms with Gasteiger partial charge in [-0.15, -0.1) is 0 Å². The van der Waals surface area contributed by atoms with Crippen LogP contribution in [0.25, 0.3) is 0 Å². The lowest BCUT2D eigenvalue weighted by Gasteiger charge is -2.56. The number of nitrogens with zero attached hydrogens (tertiary/aromatic N) is 2. The van der Waals surface area contributed by atoms with E-state index in [2.05, 4.69) is 34.5 Å². The number of rotatable bonds is 7. The highest BCUT2D eigenvalue weighted by atomic mass is 16.2. The number of hydrogen-bond acceptors (Lipinski definition) is 3. The van der Waals surface area contributed by atoms with Crippen molar-refractivity contribution in [3.05, 3.63) is 35.9 Å². The summed E-state index contributed by atoms with van der Waals surface area (Å²) in [5.74, 6) is 2.76. The summed E-state index contributed by atoms with van der Waals surface area (Å²) in [6, 6.07) is 10.1. The molecule has 2 amide bonds. The van der Waals surface area contributed by atoms with E-state index in [1.165, 1.54) is 44.1 Å². The Labute approximate surface area is 192 Å². The summed E-state index contributed by atoms with van der Waals surface area (Å²) in [5.41, 5.74) is 1.54. The summed E-state index contributed by atoms with van der Waals surface area (Å²) in [7, 11) is 0. The third kappa shape index (κ3) is 4.73. The minimum absolute atomic E-state index is 0.103. The largest absolute Gasteiger partial charge is 0.344 e. The molecule has 4 bridgehead atoms. The maximum Gasteiger partial charge on any atom is 0.245 e. The van der Waals surface area contributed by atoms with Gasteiger partial charge >= 0.3 is 0 Å². The fourth-order valence-corrected chi connectivity index (χ4v) is 7.62. The Morgan fingerprint density at radius 2 is 1.56 bits per heavy atom. The van der Waals surface area contributed by atoms with Crippen LogP contribution in [0.15, 0.2) is 30.3 Å². The molecule has 1 aromatic rings. The van der Waals surface area contributed by atoms with E-state index in [0.29, 0.717) is 12.8 Å². The standard InChI is InChI=1S/C27H39N3O2/c1-2-24(26(32)30-10-8-29(9-11-30)19-20-6-4-3-5-7-20)28-25(31)18-27-15-21-12-22(16-27)14-23(13-21)17-27/h3-7,21-24H,2,8-19H2,1H3,(H,28,31). The molecular formula is C27H39N3O2. The molecule has 0 aromatic heterocycles. The summed E-state index contributed by atoms with van der Waals surface area (Å²) in [6.45, 7) is 6.21. The molecule has 0 spiro atoms. The van der Waals surface area contributed by atoms with Crippen LogP contribution in [0.1, 0.15) is 63.9 Å². The summed E-state index contributed by atoms with van der Waals surface area (Å²) in [4.78, 5) is 30.6. The highest BCUT2D eigenvalue weighted by Gasteiger charge is 2.51. The first kappa shape index (κ1) is 21.9. The van der Waals surface area contributed by atoms with Gasteiger partial charge in [0.05, 0.1) is 0 Å². The van der Waals surface area contributed by atoms with Gasteiger partial charge < -0.3 is 10.2 Å². The Morgan fingerprint density at radius 1 is 0.969 bits per heavy atom. The quantitative estimate of drug-likeness (QED) is 0.705. The van der Waals surface area contributed by atoms with E-state index in [1.54, 1.807) is 0 Å². The molecule has 5 fully saturated rings. The van der Waals surface area contributed by atoms with E-state index in [4.69, 9.17) is 0 Å². The van der Waals surface area contributed by atoms with Crippen molar-refractivity contribution in [3.63, 3.8) is 0 Å². The molecule has 5 heteroatoms. The molecule has 1 saturated heterocycles. The zero-order chi connectivity index (χ0) is 22.1. The average Bonchev–Trinajstić information content (AvgIpc) is 2.77. The van der Waals surface area contributed by atoms with E-state index >= 15 is 0 Å². The van der Waals surface area contributed by atoms with Gasteiger partial charge in [-0.1, -0.05) is 37.3 Å². The Bertz CT molecular complexity index is 780. The number of carbonyl (C=O) groups is 2. The lowest BCUT2D eigenvalue weighted by atomic mass is 9.49. The van der Waals surface area contributed by atoms with Gasteiger partial charge in [-0.25, -0.2) is 0 Å². The molecular weight excluding hydrogens is 398 g/mol. The van der Waals surface area contributed by atoms with Crippen molar-refractivity contribution in [2.75, 3.05) is 26.2 Å². The van der Waals surface area contributed by atoms with Crippen LogP contribution in [0, 0.1) is 23.2 Å². The summed E-state index contributed by atoms with van der Waals surface area (Å²) < 4.78 is 0. The average molecular weight is 438 g/mol. The maximum absolute atomic E-state index is 13.2. The van der Waals surface area contributed by atoms with E-state index < -0.39 is 0 Å². The molecule has 1 heterocycles. The Balaban J connectivity index is 1.12. The summed E-state index contributed by atoms with van der Waals surface area (Å²) in [5, 5.41) is 3.15. The molecule has 32 heavy (non-hydrogen) atoms. The van der Waals surface area contributed by atoms with Crippen LogP contribution in [0.2, 0.25) is 0 Å². The smallest absolute Gasteiger partial charge is 0.245 e. The van der Waals surface area contributed by atoms with Crippen molar-refractivity contribution >= 4 is 11.8 Å². The maximum atomic E-state index is 13.2. The van der Waals surface area contributed by atoms with Gasteiger partial charge in [0.1, 0.15) is 6.04 Å². The number of benzene rings is 1. The van der Waals surface area contributed by atoms with E-state index in [-0.39, 0.29) is 23.3 Å². The molecule has 1 atom stereocenters. The normalized spacial score (nSPS) is 32.7. The van der Waals surface area contributed by atoms with Gasteiger partial charge in [0, 0.05) is 39.1 Å². The molecule has 1 aliphatic heterocycles. The van der Waals surface area contributed by atoms with Crippen LogP contribution in [0.3, 0.4) is 0 Å². The van der Waals surface area contributed by atoms with Crippen molar-refractivity contribution in [1.29, 1.82) is 0 Å². The summed E-state index contributed by atoms with van der Waals surface area (Å²) >= 11 is 0. The molecule has 1 unspecified atom stereocenters. The van der Waals surface area contributed by atoms with Crippen molar-refractivity contribution in [1.82, 2.24) is 15.1 Å². The Morgan fingerprint density at radius 3 is 2.12 bits per heavy atom. The molecule has 5 aliphatic rings. The van der Waals surface area contributed by atoms with Gasteiger partial charge in [0.2, 0.25) is 11.8 Å². The van der Waals surface area contributed by atoms with Crippen molar-refractivity contribution in [2.45, 2.75) is 70.9 Å². The predicted octanol–water partition coefficient (Wildman–Crippen LogP) is 3.83. The second kappa shape index (κ2) is 9.17. The number of nitrogens with one attached hydrogen (secondary N) is 1. The second-order valence-electron chi connectivity index (χ2n) is 11.2. The topological polar surface area (TPSA) is 52.7 Å². The van der Waals surface area contributed by atoms with Gasteiger partial charge in [0.15, 0.2) is 0 Å². The first-order valence-corrected chi connectivity index (χ1v) is 12.9. The summed E-state index contributed by atoms with van der Waals surface area (Å²) in [6.07, 6.45) is 9.19. The first-order chi connectivity index (χ1) is 15.5. The molecule has 1 N–H and O–H groups in total. The van der Waals surface area contributed by atoms with E-state index in [1.807, 2.05) is 17.9 Å². The molecule has 4 saturated carbocycles. The SMILES string of the molecule is CCC(NC(=O)CC12CC3CC(CC(C3)C1)C2)C(=O)N1CCN(Cc2ccccc2)CC1. The minimum atomic E-state index is -0.378. The van der Waals surface area contributed by atoms with E-state index in [9.17, 15) is 9.59 Å². The highest BCUT2D eigenvalue weighted by Crippen LogP contribution is 2.61. The number of hydrogen-bond donors (Lipinski definition) is 1. The molecule has 174 valence electrons. The zero-order valence-electron chi connectivity index (χ0n) is 19.6. The zero-order valence-corrected chi connectivity index (χ0v) is 19.6. The first-order valence-electron chi connectivity index (χ1n) is 12.9. The van der Waals surface area contributed by atoms with Crippen LogP contribution in [-0.4, -0.2) is 53.8 Å². The second-order valence-corrected chi connectivity index (χ2v) is 11.2. The minimum Gasteiger partial charge on any atom is -0.344 e. The molecule has 5 nitrogen and oxygen atoms in total. The molecule has 1 aromatic carbocycles. The van der Waals surface area contributed by atoms with Crippen molar-refractivity contribution < 1.29 is 9.59 Å². The number of piperazine rings is 1. The highest BCUT2D eigenvalue weighted by molar-refractivity contribution is 5.88. The van der Waals surface area contributed by atoms with Gasteiger partial charge in [0.25, 0.3) is 0 Å². The number of amides is 2. The Kier molecular flexibility index (Phi) is 6.28. The monoisotopic (exact) mass is 437 g/mol. The van der Waals surface area contributed by atoms with Gasteiger partial charge in [-0.05, 0) is 73.7 Å². The lowest BCUT2D eigenvalue weighted by Crippen LogP contribution is -2.55. The van der Waals surface area contributed by atoms with Crippen LogP contribution < -0.4 is 5.32 Å². The Hall–Kier alpha value is -1.88. The van der Waals surface area contributed by atoms with E-state index in [0.717, 1.165) is 50.5 Å². The third-order valence-electron chi connectivity index (χ3n) is 8.68. The van der Waals surface area contributed by atoms with Crippen LogP contribution in [-0.2, 0) is 16.1 Å². The third-order valence-corrected chi connectivity index (χ3v) is 8.68. The fraction of sp³-hybridized carbons (Fsp3) is 0.704. The fourth-order valence-electron chi connectivity index (χ4n) is 7.62. The molecule has 0 radical (unpaired) electrons.